The zero-order valence-corrected chi connectivity index (χ0v) is 11.1. The molecule has 0 bridgehead atoms. The second kappa shape index (κ2) is 5.89. The number of amides is 1. The Labute approximate surface area is 99.3 Å². The van der Waals surface area contributed by atoms with Gasteiger partial charge in [0.1, 0.15) is 0 Å². The van der Waals surface area contributed by atoms with Crippen LogP contribution in [0.3, 0.4) is 0 Å². The van der Waals surface area contributed by atoms with E-state index >= 15 is 0 Å². The van der Waals surface area contributed by atoms with Crippen molar-refractivity contribution in [2.45, 2.75) is 13.8 Å². The maximum absolute atomic E-state index is 12.0. The number of benzene rings is 1. The van der Waals surface area contributed by atoms with E-state index in [0.29, 0.717) is 18.7 Å². The number of hydrogen-bond donors (Lipinski definition) is 1. The fourth-order valence-corrected chi connectivity index (χ4v) is 2.61. The molecular formula is C11H15NO3Se. The zero-order valence-electron chi connectivity index (χ0n) is 9.34. The van der Waals surface area contributed by atoms with Gasteiger partial charge >= 0.3 is 99.0 Å². The van der Waals surface area contributed by atoms with E-state index in [1.807, 2.05) is 13.8 Å². The van der Waals surface area contributed by atoms with E-state index in [1.54, 1.807) is 23.1 Å². The van der Waals surface area contributed by atoms with E-state index in [2.05, 4.69) is 0 Å². The molecule has 1 N–H and O–H groups in total. The second-order valence-corrected chi connectivity index (χ2v) is 5.19. The van der Waals surface area contributed by atoms with Gasteiger partial charge in [0, 0.05) is 0 Å². The van der Waals surface area contributed by atoms with Gasteiger partial charge in [-0.1, -0.05) is 0 Å². The van der Waals surface area contributed by atoms with Crippen molar-refractivity contribution in [2.24, 2.45) is 0 Å². The average Bonchev–Trinajstić information content (AvgIpc) is 2.30. The number of rotatable bonds is 4. The van der Waals surface area contributed by atoms with Crippen molar-refractivity contribution in [1.82, 2.24) is 4.90 Å². The molecule has 0 aliphatic heterocycles. The van der Waals surface area contributed by atoms with Crippen LogP contribution in [0.25, 0.3) is 0 Å². The third-order valence-corrected chi connectivity index (χ3v) is 3.89. The van der Waals surface area contributed by atoms with Crippen LogP contribution in [-0.4, -0.2) is 42.2 Å². The van der Waals surface area contributed by atoms with Crippen LogP contribution in [0.4, 0.5) is 0 Å². The Bertz CT molecular complexity index is 402. The molecule has 16 heavy (non-hydrogen) atoms. The molecule has 0 aromatic heterocycles. The summed E-state index contributed by atoms with van der Waals surface area (Å²) in [5.41, 5.74) is 0.341. The van der Waals surface area contributed by atoms with Gasteiger partial charge in [-0.15, -0.1) is 0 Å². The Morgan fingerprint density at radius 1 is 1.31 bits per heavy atom. The van der Waals surface area contributed by atoms with Gasteiger partial charge in [-0.2, -0.15) is 0 Å². The van der Waals surface area contributed by atoms with Gasteiger partial charge in [0.15, 0.2) is 0 Å². The topological polar surface area (TPSA) is 57.6 Å². The Hall–Kier alpha value is -1.03. The Balaban J connectivity index is 3.12. The Morgan fingerprint density at radius 2 is 1.88 bits per heavy atom. The quantitative estimate of drug-likeness (QED) is 0.810. The molecule has 5 heteroatoms. The first-order valence-corrected chi connectivity index (χ1v) is 7.43. The summed E-state index contributed by atoms with van der Waals surface area (Å²) >= 11 is -3.05. The third kappa shape index (κ3) is 2.76. The van der Waals surface area contributed by atoms with Crippen molar-refractivity contribution < 1.29 is 12.8 Å². The average molecular weight is 288 g/mol. The molecule has 0 aliphatic rings. The summed E-state index contributed by atoms with van der Waals surface area (Å²) in [6.07, 6.45) is 0. The predicted molar refractivity (Wildman–Crippen MR) is 62.0 cm³/mol. The fraction of sp³-hybridized carbons (Fsp3) is 0.364. The molecule has 1 aromatic rings. The molecule has 0 saturated carbocycles. The molecule has 1 rings (SSSR count). The SMILES string of the molecule is CCN(CC)C(=O)c1ccccc1[Se](=O)O. The summed E-state index contributed by atoms with van der Waals surface area (Å²) in [5.74, 6) is -0.181. The van der Waals surface area contributed by atoms with Crippen molar-refractivity contribution in [3.8, 4) is 0 Å². The third-order valence-electron chi connectivity index (χ3n) is 2.36. The van der Waals surface area contributed by atoms with Gasteiger partial charge in [-0.05, 0) is 0 Å². The van der Waals surface area contributed by atoms with Crippen LogP contribution in [-0.2, 0) is 3.83 Å². The molecule has 1 aromatic carbocycles. The van der Waals surface area contributed by atoms with Crippen LogP contribution < -0.4 is 4.46 Å². The zero-order chi connectivity index (χ0) is 12.1. The first-order chi connectivity index (χ1) is 7.61. The minimum absolute atomic E-state index is 0.181. The molecule has 0 spiro atoms. The van der Waals surface area contributed by atoms with Crippen LogP contribution in [0.2, 0.25) is 0 Å². The van der Waals surface area contributed by atoms with Gasteiger partial charge in [-0.25, -0.2) is 0 Å². The molecule has 1 atom stereocenters. The molecule has 0 heterocycles. The summed E-state index contributed by atoms with van der Waals surface area (Å²) in [6, 6.07) is 6.50. The van der Waals surface area contributed by atoms with Gasteiger partial charge in [0.2, 0.25) is 0 Å². The van der Waals surface area contributed by atoms with E-state index in [0.717, 1.165) is 0 Å². The van der Waals surface area contributed by atoms with Gasteiger partial charge in [0.05, 0.1) is 0 Å². The molecule has 88 valence electrons. The molecule has 1 unspecified atom stereocenters. The molecule has 1 amide bonds. The van der Waals surface area contributed by atoms with Gasteiger partial charge < -0.3 is 0 Å². The summed E-state index contributed by atoms with van der Waals surface area (Å²) < 4.78 is 20.6. The second-order valence-electron chi connectivity index (χ2n) is 3.22. The number of carbonyl (C=O) groups is 1. The van der Waals surface area contributed by atoms with E-state index < -0.39 is 14.2 Å². The standard InChI is InChI=1S/C11H15NO3Se/c1-3-12(4-2)11(13)9-7-5-6-8-10(9)16(14)15/h5-8H,3-4H2,1-2H3,(H,14,15). The molecular weight excluding hydrogens is 273 g/mol. The number of nitrogens with zero attached hydrogens (tertiary/aromatic N) is 1. The summed E-state index contributed by atoms with van der Waals surface area (Å²) in [7, 11) is 0. The Morgan fingerprint density at radius 3 is 2.38 bits per heavy atom. The van der Waals surface area contributed by atoms with Crippen molar-refractivity contribution in [3.05, 3.63) is 29.8 Å². The van der Waals surface area contributed by atoms with E-state index in [1.165, 1.54) is 6.07 Å². The van der Waals surface area contributed by atoms with Crippen molar-refractivity contribution in [3.63, 3.8) is 0 Å². The predicted octanol–water partition coefficient (Wildman–Crippen LogP) is 0.287. The summed E-state index contributed by atoms with van der Waals surface area (Å²) in [6.45, 7) is 4.96. The first kappa shape index (κ1) is 13.0. The molecule has 0 radical (unpaired) electrons. The first-order valence-electron chi connectivity index (χ1n) is 5.11. The van der Waals surface area contributed by atoms with E-state index in [-0.39, 0.29) is 10.4 Å². The van der Waals surface area contributed by atoms with Gasteiger partial charge in [-0.3, -0.25) is 0 Å². The van der Waals surface area contributed by atoms with E-state index in [9.17, 15) is 12.8 Å². The Kier molecular flexibility index (Phi) is 4.80. The van der Waals surface area contributed by atoms with Crippen LogP contribution in [0.1, 0.15) is 24.2 Å². The number of carbonyl (C=O) groups excluding carboxylic acids is 1. The number of hydrogen-bond acceptors (Lipinski definition) is 2. The van der Waals surface area contributed by atoms with Crippen molar-refractivity contribution >= 4 is 24.5 Å². The molecule has 0 fully saturated rings. The minimum atomic E-state index is -3.05. The molecule has 0 aliphatic carbocycles. The van der Waals surface area contributed by atoms with Crippen LogP contribution in [0.5, 0.6) is 0 Å². The van der Waals surface area contributed by atoms with Crippen molar-refractivity contribution in [2.75, 3.05) is 13.1 Å². The monoisotopic (exact) mass is 289 g/mol. The summed E-state index contributed by atoms with van der Waals surface area (Å²) in [5, 5.41) is 0. The fourth-order valence-electron chi connectivity index (χ4n) is 1.48. The summed E-state index contributed by atoms with van der Waals surface area (Å²) in [4.78, 5) is 13.7. The normalized spacial score (nSPS) is 12.2. The van der Waals surface area contributed by atoms with E-state index in [4.69, 9.17) is 0 Å². The van der Waals surface area contributed by atoms with Gasteiger partial charge in [0.25, 0.3) is 0 Å². The molecule has 4 nitrogen and oxygen atoms in total. The van der Waals surface area contributed by atoms with Crippen LogP contribution >= 0.6 is 0 Å². The van der Waals surface area contributed by atoms with Crippen molar-refractivity contribution in [1.29, 1.82) is 0 Å². The van der Waals surface area contributed by atoms with Crippen LogP contribution in [0, 0.1) is 0 Å². The molecule has 0 saturated heterocycles. The maximum atomic E-state index is 12.0. The van der Waals surface area contributed by atoms with Crippen LogP contribution in [0.15, 0.2) is 24.3 Å².